The minimum atomic E-state index is -0.878. The van der Waals surface area contributed by atoms with Crippen LogP contribution >= 0.6 is 0 Å². The molecule has 0 spiro atoms. The maximum absolute atomic E-state index is 13.8. The molecular formula is C20H21F2N3O3. The SMILES string of the molecule is CC(=O)N(CC(=O)Nc1ccc(F)cc1F)c1ccccc1N1CCOCC1. The zero-order valence-electron chi connectivity index (χ0n) is 15.5. The summed E-state index contributed by atoms with van der Waals surface area (Å²) < 4.78 is 32.2. The molecule has 148 valence electrons. The van der Waals surface area contributed by atoms with Gasteiger partial charge in [-0.05, 0) is 24.3 Å². The maximum atomic E-state index is 13.8. The van der Waals surface area contributed by atoms with Gasteiger partial charge in [0.05, 0.1) is 30.3 Å². The van der Waals surface area contributed by atoms with E-state index in [1.807, 2.05) is 12.1 Å². The van der Waals surface area contributed by atoms with Crippen molar-refractivity contribution in [3.63, 3.8) is 0 Å². The highest BCUT2D eigenvalue weighted by Crippen LogP contribution is 2.30. The normalized spacial score (nSPS) is 13.9. The number of nitrogens with zero attached hydrogens (tertiary/aromatic N) is 2. The smallest absolute Gasteiger partial charge is 0.244 e. The third kappa shape index (κ3) is 4.64. The fourth-order valence-corrected chi connectivity index (χ4v) is 3.05. The van der Waals surface area contributed by atoms with Gasteiger partial charge in [-0.1, -0.05) is 12.1 Å². The minimum absolute atomic E-state index is 0.142. The van der Waals surface area contributed by atoms with Gasteiger partial charge in [0.15, 0.2) is 0 Å². The monoisotopic (exact) mass is 389 g/mol. The highest BCUT2D eigenvalue weighted by atomic mass is 19.1. The van der Waals surface area contributed by atoms with Crippen molar-refractivity contribution in [2.45, 2.75) is 6.92 Å². The van der Waals surface area contributed by atoms with Crippen LogP contribution in [0.25, 0.3) is 0 Å². The summed E-state index contributed by atoms with van der Waals surface area (Å²) >= 11 is 0. The molecule has 1 saturated heterocycles. The molecule has 0 bridgehead atoms. The molecule has 0 unspecified atom stereocenters. The molecule has 2 amide bonds. The summed E-state index contributed by atoms with van der Waals surface area (Å²) in [7, 11) is 0. The van der Waals surface area contributed by atoms with E-state index in [0.29, 0.717) is 38.1 Å². The first kappa shape index (κ1) is 19.8. The second-order valence-corrected chi connectivity index (χ2v) is 6.37. The van der Waals surface area contributed by atoms with Gasteiger partial charge in [0.2, 0.25) is 11.8 Å². The van der Waals surface area contributed by atoms with Crippen LogP contribution in [0.15, 0.2) is 42.5 Å². The molecule has 1 fully saturated rings. The molecule has 0 aromatic heterocycles. The topological polar surface area (TPSA) is 61.9 Å². The quantitative estimate of drug-likeness (QED) is 0.854. The van der Waals surface area contributed by atoms with E-state index in [4.69, 9.17) is 4.74 Å². The molecule has 1 aliphatic rings. The van der Waals surface area contributed by atoms with E-state index < -0.39 is 17.5 Å². The van der Waals surface area contributed by atoms with Crippen LogP contribution in [0.1, 0.15) is 6.92 Å². The van der Waals surface area contributed by atoms with Gasteiger partial charge in [-0.3, -0.25) is 9.59 Å². The maximum Gasteiger partial charge on any atom is 0.244 e. The molecule has 8 heteroatoms. The Balaban J connectivity index is 1.80. The summed E-state index contributed by atoms with van der Waals surface area (Å²) in [4.78, 5) is 28.1. The summed E-state index contributed by atoms with van der Waals surface area (Å²) in [5, 5.41) is 2.38. The lowest BCUT2D eigenvalue weighted by Crippen LogP contribution is -2.40. The fourth-order valence-electron chi connectivity index (χ4n) is 3.05. The van der Waals surface area contributed by atoms with E-state index in [1.165, 1.54) is 11.8 Å². The number of carbonyl (C=O) groups excluding carboxylic acids is 2. The Morgan fingerprint density at radius 3 is 2.54 bits per heavy atom. The zero-order valence-corrected chi connectivity index (χ0v) is 15.5. The first-order chi connectivity index (χ1) is 13.5. The highest BCUT2D eigenvalue weighted by molar-refractivity contribution is 6.03. The van der Waals surface area contributed by atoms with E-state index in [2.05, 4.69) is 10.2 Å². The van der Waals surface area contributed by atoms with Crippen LogP contribution in [0.2, 0.25) is 0 Å². The van der Waals surface area contributed by atoms with Crippen LogP contribution in [-0.2, 0) is 14.3 Å². The molecule has 28 heavy (non-hydrogen) atoms. The molecule has 6 nitrogen and oxygen atoms in total. The molecule has 0 atom stereocenters. The first-order valence-corrected chi connectivity index (χ1v) is 8.90. The molecule has 1 aliphatic heterocycles. The zero-order chi connectivity index (χ0) is 20.1. The number of halogens is 2. The number of ether oxygens (including phenoxy) is 1. The van der Waals surface area contributed by atoms with E-state index >= 15 is 0 Å². The van der Waals surface area contributed by atoms with E-state index in [9.17, 15) is 18.4 Å². The van der Waals surface area contributed by atoms with Crippen molar-refractivity contribution in [2.75, 3.05) is 48.0 Å². The number of anilines is 3. The molecule has 0 saturated carbocycles. The molecular weight excluding hydrogens is 368 g/mol. The van der Waals surface area contributed by atoms with Crippen molar-refractivity contribution in [2.24, 2.45) is 0 Å². The number of nitrogens with one attached hydrogen (secondary N) is 1. The Kier molecular flexibility index (Phi) is 6.20. The van der Waals surface area contributed by atoms with Crippen molar-refractivity contribution < 1.29 is 23.1 Å². The van der Waals surface area contributed by atoms with Crippen LogP contribution < -0.4 is 15.1 Å². The first-order valence-electron chi connectivity index (χ1n) is 8.90. The van der Waals surface area contributed by atoms with Gasteiger partial charge in [-0.15, -0.1) is 0 Å². The number of hydrogen-bond acceptors (Lipinski definition) is 4. The Morgan fingerprint density at radius 1 is 1.14 bits per heavy atom. The van der Waals surface area contributed by atoms with Crippen molar-refractivity contribution >= 4 is 28.9 Å². The summed E-state index contributed by atoms with van der Waals surface area (Å²) in [6.45, 7) is 3.58. The van der Waals surface area contributed by atoms with E-state index in [1.54, 1.807) is 12.1 Å². The number of benzene rings is 2. The van der Waals surface area contributed by atoms with E-state index in [0.717, 1.165) is 17.8 Å². The molecule has 1 N–H and O–H groups in total. The number of hydrogen-bond donors (Lipinski definition) is 1. The number of carbonyl (C=O) groups is 2. The predicted molar refractivity (Wildman–Crippen MR) is 102 cm³/mol. The van der Waals surface area contributed by atoms with Crippen LogP contribution in [0, 0.1) is 11.6 Å². The van der Waals surface area contributed by atoms with Gasteiger partial charge >= 0.3 is 0 Å². The minimum Gasteiger partial charge on any atom is -0.378 e. The van der Waals surface area contributed by atoms with Gasteiger partial charge < -0.3 is 19.9 Å². The van der Waals surface area contributed by atoms with Crippen LogP contribution in [0.4, 0.5) is 25.8 Å². The Bertz CT molecular complexity index is 870. The predicted octanol–water partition coefficient (Wildman–Crippen LogP) is 2.79. The Morgan fingerprint density at radius 2 is 1.86 bits per heavy atom. The van der Waals surface area contributed by atoms with Crippen molar-refractivity contribution in [1.82, 2.24) is 0 Å². The molecule has 2 aromatic carbocycles. The Labute approximate surface area is 161 Å². The average molecular weight is 389 g/mol. The second kappa shape index (κ2) is 8.79. The number of para-hydroxylation sites is 2. The number of amides is 2. The molecule has 3 rings (SSSR count). The fraction of sp³-hybridized carbons (Fsp3) is 0.300. The third-order valence-electron chi connectivity index (χ3n) is 4.41. The van der Waals surface area contributed by atoms with Crippen molar-refractivity contribution in [3.8, 4) is 0 Å². The second-order valence-electron chi connectivity index (χ2n) is 6.37. The molecule has 0 aliphatic carbocycles. The van der Waals surface area contributed by atoms with Crippen LogP contribution in [-0.4, -0.2) is 44.7 Å². The summed E-state index contributed by atoms with van der Waals surface area (Å²) in [6, 6.07) is 10.2. The van der Waals surface area contributed by atoms with Gasteiger partial charge in [-0.25, -0.2) is 8.78 Å². The lowest BCUT2D eigenvalue weighted by Gasteiger charge is -2.33. The number of rotatable bonds is 5. The van der Waals surface area contributed by atoms with Crippen LogP contribution in [0.5, 0.6) is 0 Å². The lowest BCUT2D eigenvalue weighted by atomic mass is 10.2. The average Bonchev–Trinajstić information content (AvgIpc) is 2.69. The van der Waals surface area contributed by atoms with Gasteiger partial charge in [0, 0.05) is 26.1 Å². The largest absolute Gasteiger partial charge is 0.378 e. The standard InChI is InChI=1S/C20H21F2N3O3/c1-14(26)25(13-20(27)23-17-7-6-15(21)12-16(17)22)19-5-3-2-4-18(19)24-8-10-28-11-9-24/h2-7,12H,8-11,13H2,1H3,(H,23,27). The molecule has 2 aromatic rings. The number of morpholine rings is 1. The van der Waals surface area contributed by atoms with Gasteiger partial charge in [-0.2, -0.15) is 0 Å². The third-order valence-corrected chi connectivity index (χ3v) is 4.41. The van der Waals surface area contributed by atoms with Crippen molar-refractivity contribution in [1.29, 1.82) is 0 Å². The molecule has 0 radical (unpaired) electrons. The Hall–Kier alpha value is -3.00. The summed E-state index contributed by atoms with van der Waals surface area (Å²) in [5.41, 5.74) is 1.27. The summed E-state index contributed by atoms with van der Waals surface area (Å²) in [5.74, 6) is -2.52. The van der Waals surface area contributed by atoms with Gasteiger partial charge in [0.25, 0.3) is 0 Å². The lowest BCUT2D eigenvalue weighted by molar-refractivity contribution is -0.120. The van der Waals surface area contributed by atoms with Gasteiger partial charge in [0.1, 0.15) is 18.2 Å². The summed E-state index contributed by atoms with van der Waals surface area (Å²) in [6.07, 6.45) is 0. The van der Waals surface area contributed by atoms with Crippen LogP contribution in [0.3, 0.4) is 0 Å². The van der Waals surface area contributed by atoms with Crippen molar-refractivity contribution in [3.05, 3.63) is 54.1 Å². The van der Waals surface area contributed by atoms with E-state index in [-0.39, 0.29) is 18.1 Å². The highest BCUT2D eigenvalue weighted by Gasteiger charge is 2.22. The molecule has 1 heterocycles.